The number of rotatable bonds is 6. The molecule has 1 aromatic rings. The van der Waals surface area contributed by atoms with Crippen LogP contribution in [-0.2, 0) is 25.7 Å². The van der Waals surface area contributed by atoms with Crippen molar-refractivity contribution < 1.29 is 39.6 Å². The lowest BCUT2D eigenvalue weighted by molar-refractivity contribution is -0.134. The molecule has 1 aliphatic rings. The number of hydrogen-bond acceptors (Lipinski definition) is 6. The highest BCUT2D eigenvalue weighted by atomic mass is 16.4. The van der Waals surface area contributed by atoms with Crippen molar-refractivity contribution in [3.8, 4) is 0 Å². The lowest BCUT2D eigenvalue weighted by Gasteiger charge is -2.27. The molecular formula is C20H26N2O8. The fourth-order valence-corrected chi connectivity index (χ4v) is 2.11. The first kappa shape index (κ1) is 26.5. The van der Waals surface area contributed by atoms with Crippen LogP contribution in [0.5, 0.6) is 0 Å². The number of nitrogens with zero attached hydrogens (tertiary/aromatic N) is 1. The van der Waals surface area contributed by atoms with Gasteiger partial charge >= 0.3 is 23.9 Å². The number of carbonyl (C=O) groups is 4. The summed E-state index contributed by atoms with van der Waals surface area (Å²) in [5.41, 5.74) is 2.77. The summed E-state index contributed by atoms with van der Waals surface area (Å²) in [6.45, 7) is 7.84. The smallest absolute Gasteiger partial charge is 0.328 e. The van der Waals surface area contributed by atoms with Crippen LogP contribution in [0.1, 0.15) is 11.1 Å². The van der Waals surface area contributed by atoms with E-state index in [0.717, 1.165) is 19.6 Å². The molecule has 1 fully saturated rings. The van der Waals surface area contributed by atoms with Crippen molar-refractivity contribution in [3.05, 3.63) is 59.7 Å². The summed E-state index contributed by atoms with van der Waals surface area (Å²) in [4.78, 5) is 40.7. The minimum Gasteiger partial charge on any atom is -0.478 e. The number of aliphatic carboxylic acids is 4. The molecule has 5 N–H and O–H groups in total. The second-order valence-corrected chi connectivity index (χ2v) is 6.03. The summed E-state index contributed by atoms with van der Waals surface area (Å²) in [5.74, 6) is -5.03. The fourth-order valence-electron chi connectivity index (χ4n) is 2.11. The maximum atomic E-state index is 9.55. The van der Waals surface area contributed by atoms with Crippen molar-refractivity contribution >= 4 is 23.9 Å². The van der Waals surface area contributed by atoms with E-state index in [9.17, 15) is 19.2 Å². The average Bonchev–Trinajstić information content (AvgIpc) is 2.68. The van der Waals surface area contributed by atoms with Crippen molar-refractivity contribution in [3.63, 3.8) is 0 Å². The summed E-state index contributed by atoms with van der Waals surface area (Å²) in [6.07, 6.45) is 2.23. The largest absolute Gasteiger partial charge is 0.478 e. The van der Waals surface area contributed by atoms with E-state index in [-0.39, 0.29) is 0 Å². The van der Waals surface area contributed by atoms with Crippen LogP contribution in [-0.4, -0.2) is 75.4 Å². The average molecular weight is 422 g/mol. The molecule has 164 valence electrons. The van der Waals surface area contributed by atoms with E-state index in [0.29, 0.717) is 24.3 Å². The quantitative estimate of drug-likeness (QED) is 0.415. The van der Waals surface area contributed by atoms with Gasteiger partial charge in [-0.3, -0.25) is 4.90 Å². The van der Waals surface area contributed by atoms with E-state index < -0.39 is 23.9 Å². The Balaban J connectivity index is 0.000000456. The molecule has 0 amide bonds. The van der Waals surface area contributed by atoms with Gasteiger partial charge in [-0.25, -0.2) is 19.2 Å². The topological polar surface area (TPSA) is 164 Å². The van der Waals surface area contributed by atoms with E-state index >= 15 is 0 Å². The second-order valence-electron chi connectivity index (χ2n) is 6.03. The van der Waals surface area contributed by atoms with Gasteiger partial charge in [0.05, 0.1) is 0 Å². The third-order valence-corrected chi connectivity index (χ3v) is 3.47. The predicted molar refractivity (Wildman–Crippen MR) is 108 cm³/mol. The minimum atomic E-state index is -1.26. The van der Waals surface area contributed by atoms with Gasteiger partial charge < -0.3 is 25.7 Å². The van der Waals surface area contributed by atoms with Gasteiger partial charge in [-0.1, -0.05) is 29.8 Å². The highest BCUT2D eigenvalue weighted by Gasteiger charge is 2.09. The van der Waals surface area contributed by atoms with Gasteiger partial charge in [-0.15, -0.1) is 0 Å². The summed E-state index contributed by atoms with van der Waals surface area (Å²) < 4.78 is 0. The predicted octanol–water partition coefficient (Wildman–Crippen LogP) is 0.824. The van der Waals surface area contributed by atoms with Crippen molar-refractivity contribution in [2.24, 2.45) is 0 Å². The molecule has 1 aromatic carbocycles. The highest BCUT2D eigenvalue weighted by Crippen LogP contribution is 2.07. The zero-order valence-electron chi connectivity index (χ0n) is 16.5. The van der Waals surface area contributed by atoms with E-state index in [1.165, 1.54) is 24.2 Å². The fraction of sp³-hybridized carbons (Fsp3) is 0.300. The van der Waals surface area contributed by atoms with Crippen LogP contribution in [0.4, 0.5) is 0 Å². The first-order valence-electron chi connectivity index (χ1n) is 8.86. The summed E-state index contributed by atoms with van der Waals surface area (Å²) >= 11 is 0. The maximum absolute atomic E-state index is 9.55. The molecule has 0 unspecified atom stereocenters. The molecule has 0 atom stereocenters. The molecule has 0 spiro atoms. The van der Waals surface area contributed by atoms with E-state index in [1.807, 2.05) is 0 Å². The minimum absolute atomic E-state index is 0.558. The van der Waals surface area contributed by atoms with Crippen molar-refractivity contribution in [1.29, 1.82) is 0 Å². The Labute approximate surface area is 173 Å². The number of carboxylic acids is 4. The van der Waals surface area contributed by atoms with Crippen molar-refractivity contribution in [2.45, 2.75) is 13.5 Å². The number of hydrogen-bond donors (Lipinski definition) is 5. The molecule has 1 heterocycles. The lowest BCUT2D eigenvalue weighted by atomic mass is 10.1. The molecule has 0 saturated carbocycles. The maximum Gasteiger partial charge on any atom is 0.328 e. The Morgan fingerprint density at radius 3 is 1.50 bits per heavy atom. The Bertz CT molecular complexity index is 685. The normalized spacial score (nSPS) is 13.6. The van der Waals surface area contributed by atoms with E-state index in [1.54, 1.807) is 0 Å². The molecule has 0 radical (unpaired) electrons. The summed E-state index contributed by atoms with van der Waals surface area (Å²) in [6, 6.07) is 8.85. The molecule has 30 heavy (non-hydrogen) atoms. The van der Waals surface area contributed by atoms with Gasteiger partial charge in [-0.2, -0.15) is 0 Å². The van der Waals surface area contributed by atoms with E-state index in [2.05, 4.69) is 41.4 Å². The molecule has 2 rings (SSSR count). The molecular weight excluding hydrogens is 396 g/mol. The number of nitrogens with one attached hydrogen (secondary N) is 1. The van der Waals surface area contributed by atoms with Gasteiger partial charge in [-0.05, 0) is 12.5 Å². The number of piperazine rings is 1. The van der Waals surface area contributed by atoms with Crippen LogP contribution in [0.25, 0.3) is 0 Å². The van der Waals surface area contributed by atoms with Crippen LogP contribution >= 0.6 is 0 Å². The molecule has 10 nitrogen and oxygen atoms in total. The SMILES string of the molecule is Cc1ccc(CN2CCNCC2)cc1.O=C(O)/C=C/C(=O)O.O=C(O)/C=C/C(=O)O. The van der Waals surface area contributed by atoms with Gasteiger partial charge in [0.15, 0.2) is 0 Å². The molecule has 0 aromatic heterocycles. The number of aryl methyl sites for hydroxylation is 1. The summed E-state index contributed by atoms with van der Waals surface area (Å²) in [7, 11) is 0. The molecule has 10 heteroatoms. The van der Waals surface area contributed by atoms with Crippen LogP contribution in [0.2, 0.25) is 0 Å². The Morgan fingerprint density at radius 1 is 0.800 bits per heavy atom. The lowest BCUT2D eigenvalue weighted by Crippen LogP contribution is -2.42. The molecule has 1 saturated heterocycles. The third-order valence-electron chi connectivity index (χ3n) is 3.47. The Kier molecular flexibility index (Phi) is 13.6. The van der Waals surface area contributed by atoms with Crippen LogP contribution in [0.15, 0.2) is 48.6 Å². The number of carboxylic acid groups (broad SMARTS) is 4. The standard InChI is InChI=1S/C12H18N2.2C4H4O4/c1-11-2-4-12(5-3-11)10-14-8-6-13-7-9-14;2*5-3(6)1-2-4(7)8/h2-5,13H,6-10H2,1H3;2*1-2H,(H,5,6)(H,7,8)/b;2*2-1+. The summed E-state index contributed by atoms with van der Waals surface area (Å²) in [5, 5.41) is 34.6. The van der Waals surface area contributed by atoms with Crippen LogP contribution in [0.3, 0.4) is 0 Å². The molecule has 0 bridgehead atoms. The monoisotopic (exact) mass is 422 g/mol. The van der Waals surface area contributed by atoms with Crippen LogP contribution in [0, 0.1) is 6.92 Å². The van der Waals surface area contributed by atoms with Gasteiger partial charge in [0, 0.05) is 57.0 Å². The Morgan fingerprint density at radius 2 is 1.17 bits per heavy atom. The zero-order chi connectivity index (χ0) is 22.9. The molecule has 0 aliphatic carbocycles. The highest BCUT2D eigenvalue weighted by molar-refractivity contribution is 5.90. The van der Waals surface area contributed by atoms with Gasteiger partial charge in [0.1, 0.15) is 0 Å². The molecule has 1 aliphatic heterocycles. The van der Waals surface area contributed by atoms with Gasteiger partial charge in [0.2, 0.25) is 0 Å². The van der Waals surface area contributed by atoms with Crippen molar-refractivity contribution in [1.82, 2.24) is 10.2 Å². The van der Waals surface area contributed by atoms with Gasteiger partial charge in [0.25, 0.3) is 0 Å². The number of benzene rings is 1. The van der Waals surface area contributed by atoms with E-state index in [4.69, 9.17) is 20.4 Å². The zero-order valence-corrected chi connectivity index (χ0v) is 16.5. The Hall–Kier alpha value is -3.50. The first-order valence-corrected chi connectivity index (χ1v) is 8.86. The van der Waals surface area contributed by atoms with Crippen LogP contribution < -0.4 is 5.32 Å². The first-order chi connectivity index (χ1) is 14.1. The third kappa shape index (κ3) is 16.7. The van der Waals surface area contributed by atoms with Crippen molar-refractivity contribution in [2.75, 3.05) is 26.2 Å². The second kappa shape index (κ2) is 15.4.